The lowest BCUT2D eigenvalue weighted by atomic mass is 10.1. The summed E-state index contributed by atoms with van der Waals surface area (Å²) in [5.41, 5.74) is 7.53. The van der Waals surface area contributed by atoms with Crippen molar-refractivity contribution in [2.24, 2.45) is 5.73 Å². The molecule has 1 aromatic rings. The van der Waals surface area contributed by atoms with Crippen molar-refractivity contribution in [2.45, 2.75) is 19.4 Å². The molecule has 94 valence electrons. The molecular weight excluding hydrogens is 238 g/mol. The molecule has 4 nitrogen and oxygen atoms in total. The molecule has 0 aromatic heterocycles. The third kappa shape index (κ3) is 2.98. The Morgan fingerprint density at radius 2 is 2.24 bits per heavy atom. The van der Waals surface area contributed by atoms with Gasteiger partial charge >= 0.3 is 0 Å². The number of hydrogen-bond donors (Lipinski definition) is 1. The van der Waals surface area contributed by atoms with Crippen molar-refractivity contribution in [1.29, 1.82) is 0 Å². The number of hydrogen-bond acceptors (Lipinski definition) is 4. The Labute approximate surface area is 102 Å². The predicted molar refractivity (Wildman–Crippen MR) is 67.0 cm³/mol. The number of sulfone groups is 1. The molecule has 0 fully saturated rings. The fraction of sp³-hybridized carbons (Fsp3) is 0.500. The van der Waals surface area contributed by atoms with E-state index in [4.69, 9.17) is 10.5 Å². The van der Waals surface area contributed by atoms with Crippen LogP contribution in [0.3, 0.4) is 0 Å². The largest absolute Gasteiger partial charge is 0.489 e. The molecule has 0 spiro atoms. The predicted octanol–water partition coefficient (Wildman–Crippen LogP) is 0.672. The van der Waals surface area contributed by atoms with E-state index in [9.17, 15) is 8.42 Å². The second-order valence-electron chi connectivity index (χ2n) is 4.46. The van der Waals surface area contributed by atoms with Gasteiger partial charge in [0.25, 0.3) is 0 Å². The van der Waals surface area contributed by atoms with Gasteiger partial charge in [-0.3, -0.25) is 0 Å². The third-order valence-corrected chi connectivity index (χ3v) is 4.56. The second-order valence-corrected chi connectivity index (χ2v) is 6.69. The number of nitrogens with two attached hydrogens (primary N) is 1. The Kier molecular flexibility index (Phi) is 3.40. The highest BCUT2D eigenvalue weighted by Crippen LogP contribution is 2.29. The van der Waals surface area contributed by atoms with Gasteiger partial charge < -0.3 is 10.5 Å². The zero-order valence-corrected chi connectivity index (χ0v) is 10.7. The number of rotatable bonds is 4. The topological polar surface area (TPSA) is 69.4 Å². The molecule has 0 radical (unpaired) electrons. The lowest BCUT2D eigenvalue weighted by Gasteiger charge is -2.10. The fourth-order valence-electron chi connectivity index (χ4n) is 2.09. The fourth-order valence-corrected chi connectivity index (χ4v) is 3.37. The van der Waals surface area contributed by atoms with E-state index in [1.54, 1.807) is 0 Å². The summed E-state index contributed by atoms with van der Waals surface area (Å²) in [4.78, 5) is 0. The van der Waals surface area contributed by atoms with E-state index >= 15 is 0 Å². The first kappa shape index (κ1) is 12.4. The van der Waals surface area contributed by atoms with Crippen LogP contribution in [0, 0.1) is 6.92 Å². The first-order valence-electron chi connectivity index (χ1n) is 5.67. The summed E-state index contributed by atoms with van der Waals surface area (Å²) >= 11 is 0. The minimum Gasteiger partial charge on any atom is -0.489 e. The number of aryl methyl sites for hydroxylation is 1. The van der Waals surface area contributed by atoms with Gasteiger partial charge in [0, 0.05) is 13.0 Å². The Bertz CT molecular complexity index is 510. The third-order valence-electron chi connectivity index (χ3n) is 2.83. The molecule has 1 unspecified atom stereocenters. The van der Waals surface area contributed by atoms with Crippen LogP contribution in [0.15, 0.2) is 18.2 Å². The van der Waals surface area contributed by atoms with Gasteiger partial charge in [-0.25, -0.2) is 8.42 Å². The molecule has 0 amide bonds. The maximum atomic E-state index is 11.6. The van der Waals surface area contributed by atoms with Gasteiger partial charge in [-0.15, -0.1) is 0 Å². The molecule has 1 aliphatic heterocycles. The summed E-state index contributed by atoms with van der Waals surface area (Å²) in [6.07, 6.45) is 0.407. The van der Waals surface area contributed by atoms with Crippen LogP contribution >= 0.6 is 0 Å². The van der Waals surface area contributed by atoms with Gasteiger partial charge in [0.15, 0.2) is 9.84 Å². The van der Waals surface area contributed by atoms with Gasteiger partial charge in [0.2, 0.25) is 0 Å². The van der Waals surface area contributed by atoms with Crippen molar-refractivity contribution in [1.82, 2.24) is 0 Å². The summed E-state index contributed by atoms with van der Waals surface area (Å²) in [6.45, 7) is 2.18. The molecule has 0 saturated carbocycles. The van der Waals surface area contributed by atoms with E-state index in [1.807, 2.05) is 25.1 Å². The minimum absolute atomic E-state index is 0.0300. The van der Waals surface area contributed by atoms with Crippen LogP contribution < -0.4 is 10.5 Å². The van der Waals surface area contributed by atoms with Crippen LogP contribution in [-0.2, 0) is 16.3 Å². The van der Waals surface area contributed by atoms with Crippen molar-refractivity contribution in [3.05, 3.63) is 29.3 Å². The highest BCUT2D eigenvalue weighted by atomic mass is 32.2. The van der Waals surface area contributed by atoms with Gasteiger partial charge in [-0.05, 0) is 18.6 Å². The van der Waals surface area contributed by atoms with E-state index in [-0.39, 0.29) is 24.2 Å². The average Bonchev–Trinajstić information content (AvgIpc) is 2.57. The summed E-state index contributed by atoms with van der Waals surface area (Å²) in [5, 5.41) is 0. The van der Waals surface area contributed by atoms with Gasteiger partial charge in [0.1, 0.15) is 11.9 Å². The summed E-state index contributed by atoms with van der Waals surface area (Å²) in [5.74, 6) is 0.892. The maximum Gasteiger partial charge on any atom is 0.155 e. The zero-order chi connectivity index (χ0) is 12.5. The quantitative estimate of drug-likeness (QED) is 0.858. The van der Waals surface area contributed by atoms with E-state index in [0.29, 0.717) is 6.42 Å². The average molecular weight is 255 g/mol. The first-order valence-corrected chi connectivity index (χ1v) is 7.49. The van der Waals surface area contributed by atoms with Gasteiger partial charge in [-0.2, -0.15) is 0 Å². The molecule has 1 heterocycles. The molecule has 17 heavy (non-hydrogen) atoms. The molecule has 1 aliphatic rings. The van der Waals surface area contributed by atoms with Crippen LogP contribution in [0.1, 0.15) is 11.1 Å². The Hall–Kier alpha value is -1.07. The Balaban J connectivity index is 2.06. The maximum absolute atomic E-state index is 11.6. The molecule has 2 rings (SSSR count). The van der Waals surface area contributed by atoms with Gasteiger partial charge in [-0.1, -0.05) is 17.7 Å². The normalized spacial score (nSPS) is 18.8. The van der Waals surface area contributed by atoms with Crippen LogP contribution in [0.25, 0.3) is 0 Å². The van der Waals surface area contributed by atoms with Crippen molar-refractivity contribution in [3.8, 4) is 5.75 Å². The smallest absolute Gasteiger partial charge is 0.155 e. The van der Waals surface area contributed by atoms with Crippen molar-refractivity contribution in [2.75, 3.05) is 18.1 Å². The van der Waals surface area contributed by atoms with Crippen molar-refractivity contribution >= 4 is 9.84 Å². The number of ether oxygens (including phenoxy) is 1. The van der Waals surface area contributed by atoms with Crippen LogP contribution in [-0.4, -0.2) is 32.6 Å². The van der Waals surface area contributed by atoms with Crippen LogP contribution in [0.4, 0.5) is 0 Å². The zero-order valence-electron chi connectivity index (χ0n) is 9.85. The molecular formula is C12H17NO3S. The SMILES string of the molecule is Cc1ccc2c(c1)CC(CS(=O)(=O)CCN)O2. The molecule has 5 heteroatoms. The van der Waals surface area contributed by atoms with Crippen LogP contribution in [0.5, 0.6) is 5.75 Å². The van der Waals surface area contributed by atoms with Gasteiger partial charge in [0.05, 0.1) is 11.5 Å². The lowest BCUT2D eigenvalue weighted by Crippen LogP contribution is -2.29. The van der Waals surface area contributed by atoms with E-state index in [1.165, 1.54) is 0 Å². The molecule has 2 N–H and O–H groups in total. The molecule has 0 saturated heterocycles. The Morgan fingerprint density at radius 3 is 2.94 bits per heavy atom. The van der Waals surface area contributed by atoms with E-state index in [0.717, 1.165) is 16.9 Å². The van der Waals surface area contributed by atoms with Crippen molar-refractivity contribution < 1.29 is 13.2 Å². The number of fused-ring (bicyclic) bond motifs is 1. The minimum atomic E-state index is -3.09. The second kappa shape index (κ2) is 4.66. The summed E-state index contributed by atoms with van der Waals surface area (Å²) < 4.78 is 28.9. The van der Waals surface area contributed by atoms with Crippen LogP contribution in [0.2, 0.25) is 0 Å². The van der Waals surface area contributed by atoms with Crippen molar-refractivity contribution in [3.63, 3.8) is 0 Å². The number of benzene rings is 1. The first-order chi connectivity index (χ1) is 8.00. The molecule has 1 atom stereocenters. The molecule has 1 aromatic carbocycles. The highest BCUT2D eigenvalue weighted by molar-refractivity contribution is 7.91. The van der Waals surface area contributed by atoms with E-state index in [2.05, 4.69) is 0 Å². The summed E-state index contributed by atoms with van der Waals surface area (Å²) in [7, 11) is -3.09. The summed E-state index contributed by atoms with van der Waals surface area (Å²) in [6, 6.07) is 5.92. The standard InChI is InChI=1S/C12H17NO3S/c1-9-2-3-12-10(6-9)7-11(16-12)8-17(14,15)5-4-13/h2-3,6,11H,4-5,7-8,13H2,1H3. The monoisotopic (exact) mass is 255 g/mol. The Morgan fingerprint density at radius 1 is 1.47 bits per heavy atom. The molecule has 0 aliphatic carbocycles. The van der Waals surface area contributed by atoms with E-state index < -0.39 is 9.84 Å². The molecule has 0 bridgehead atoms. The highest BCUT2D eigenvalue weighted by Gasteiger charge is 2.27. The lowest BCUT2D eigenvalue weighted by molar-refractivity contribution is 0.256.